The number of hydrogen-bond donors (Lipinski definition) is 0. The molecule has 2 unspecified atom stereocenters. The van der Waals surface area contributed by atoms with Crippen LogP contribution in [0.4, 0.5) is 0 Å². The van der Waals surface area contributed by atoms with E-state index < -0.39 is 52.9 Å². The topological polar surface area (TPSA) is 0 Å². The van der Waals surface area contributed by atoms with Gasteiger partial charge in [0.2, 0.25) is 0 Å². The zero-order valence-corrected chi connectivity index (χ0v) is 23.4. The molecule has 0 heterocycles. The molecule has 0 saturated carbocycles. The average Bonchev–Trinajstić information content (AvgIpc) is 1.91. The summed E-state index contributed by atoms with van der Waals surface area (Å²) >= 11 is -3.71. The van der Waals surface area contributed by atoms with Crippen molar-refractivity contribution in [2.75, 3.05) is 0 Å². The van der Waals surface area contributed by atoms with Crippen molar-refractivity contribution in [1.82, 2.24) is 0 Å². The Kier molecular flexibility index (Phi) is 7.23. The van der Waals surface area contributed by atoms with E-state index in [4.69, 9.17) is 0 Å². The molecular formula is C15H39Si2Sn2+. The molecule has 0 aliphatic carbocycles. The van der Waals surface area contributed by atoms with Crippen molar-refractivity contribution in [3.8, 4) is 0 Å². The molecule has 19 heavy (non-hydrogen) atoms. The Labute approximate surface area is 134 Å². The zero-order valence-electron chi connectivity index (χ0n) is 15.7. The van der Waals surface area contributed by atoms with Crippen molar-refractivity contribution in [2.24, 2.45) is 0 Å². The van der Waals surface area contributed by atoms with Crippen LogP contribution in [-0.2, 0) is 0 Å². The fourth-order valence-corrected chi connectivity index (χ4v) is 62.4. The summed E-state index contributed by atoms with van der Waals surface area (Å²) in [6.45, 7) is 15.6. The van der Waals surface area contributed by atoms with Crippen LogP contribution in [0.15, 0.2) is 0 Å². The molecule has 0 rings (SSSR count). The van der Waals surface area contributed by atoms with E-state index in [0.29, 0.717) is 0 Å². The molecule has 4 heteroatoms. The SMILES string of the molecule is C[Si](C)(C)[CH]([CH+][CH]([Si](C)(C)C)[Sn]([CH3])([CH3])[CH3])[Sn]([CH3])([CH3])[CH3]. The molecule has 0 spiro atoms. The van der Waals surface area contributed by atoms with Crippen LogP contribution in [0, 0.1) is 6.42 Å². The summed E-state index contributed by atoms with van der Waals surface area (Å²) in [6, 6.07) is 0. The Morgan fingerprint density at radius 1 is 0.579 bits per heavy atom. The quantitative estimate of drug-likeness (QED) is 0.287. The van der Waals surface area contributed by atoms with E-state index in [1.165, 1.54) is 0 Å². The van der Waals surface area contributed by atoms with E-state index in [2.05, 4.69) is 75.3 Å². The summed E-state index contributed by atoms with van der Waals surface area (Å²) in [7, 11) is -2.10. The fourth-order valence-electron chi connectivity index (χ4n) is 3.95. The summed E-state index contributed by atoms with van der Waals surface area (Å²) in [5, 5.41) is 0. The summed E-state index contributed by atoms with van der Waals surface area (Å²) < 4.78 is 2.10. The van der Waals surface area contributed by atoms with E-state index in [9.17, 15) is 0 Å². The standard InChI is InChI=1S/C9H21Si2.6CH3.2Sn/c1-10(2,3)8-7-9-11(4,5)6;;;;;;;;/h7-9H,1-6H3;6*1H3;;/q+1;;;;;;;;. The Balaban J connectivity index is 5.43. The first-order valence-corrected chi connectivity index (χ1v) is 35.4. The van der Waals surface area contributed by atoms with Crippen LogP contribution in [0.2, 0.25) is 76.0 Å². The van der Waals surface area contributed by atoms with Crippen molar-refractivity contribution in [3.63, 3.8) is 0 Å². The molecule has 0 aliphatic rings. The molecule has 114 valence electrons. The predicted octanol–water partition coefficient (Wildman–Crippen LogP) is 6.36. The van der Waals surface area contributed by atoms with Crippen molar-refractivity contribution >= 4 is 52.9 Å². The predicted molar refractivity (Wildman–Crippen MR) is 105 cm³/mol. The summed E-state index contributed by atoms with van der Waals surface area (Å²) in [5.74, 6) is 0. The molecule has 0 amide bonds. The third kappa shape index (κ3) is 7.13. The molecule has 0 saturated heterocycles. The van der Waals surface area contributed by atoms with Crippen LogP contribution >= 0.6 is 0 Å². The van der Waals surface area contributed by atoms with Crippen molar-refractivity contribution in [2.45, 2.75) is 76.0 Å². The maximum absolute atomic E-state index is 2.98. The van der Waals surface area contributed by atoms with Gasteiger partial charge in [0.15, 0.2) is 0 Å². The normalized spacial score (nSPS) is 18.1. The van der Waals surface area contributed by atoms with E-state index in [-0.39, 0.29) is 0 Å². The third-order valence-electron chi connectivity index (χ3n) is 4.12. The van der Waals surface area contributed by atoms with Gasteiger partial charge in [-0.1, -0.05) is 0 Å². The van der Waals surface area contributed by atoms with Gasteiger partial charge in [-0.3, -0.25) is 0 Å². The van der Waals surface area contributed by atoms with Gasteiger partial charge < -0.3 is 0 Å². The molecule has 0 bridgehead atoms. The number of hydrogen-bond acceptors (Lipinski definition) is 0. The van der Waals surface area contributed by atoms with Gasteiger partial charge in [0.1, 0.15) is 0 Å². The molecule has 0 aromatic rings. The number of rotatable bonds is 6. The van der Waals surface area contributed by atoms with E-state index in [0.717, 1.165) is 7.11 Å². The second-order valence-electron chi connectivity index (χ2n) is 10.6. The molecule has 0 nitrogen and oxygen atoms in total. The van der Waals surface area contributed by atoms with Crippen molar-refractivity contribution in [1.29, 1.82) is 0 Å². The van der Waals surface area contributed by atoms with Gasteiger partial charge in [-0.25, -0.2) is 0 Å². The van der Waals surface area contributed by atoms with Crippen molar-refractivity contribution < 1.29 is 0 Å². The Morgan fingerprint density at radius 2 is 0.789 bits per heavy atom. The molecule has 2 atom stereocenters. The Bertz CT molecular complexity index is 229. The first-order valence-electron chi connectivity index (χ1n) is 7.82. The molecule has 0 radical (unpaired) electrons. The molecule has 0 N–H and O–H groups in total. The van der Waals surface area contributed by atoms with Crippen LogP contribution < -0.4 is 0 Å². The Morgan fingerprint density at radius 3 is 0.895 bits per heavy atom. The maximum atomic E-state index is 2.98. The third-order valence-corrected chi connectivity index (χ3v) is 46.4. The molecule has 0 aliphatic heterocycles. The minimum absolute atomic E-state index is 1.05. The van der Waals surface area contributed by atoms with Gasteiger partial charge in [0, 0.05) is 0 Å². The molecule has 0 aromatic carbocycles. The van der Waals surface area contributed by atoms with Gasteiger partial charge >= 0.3 is 135 Å². The van der Waals surface area contributed by atoms with Crippen LogP contribution in [0.25, 0.3) is 0 Å². The van der Waals surface area contributed by atoms with Gasteiger partial charge in [-0.05, 0) is 0 Å². The first kappa shape index (κ1) is 20.9. The minimum atomic E-state index is -1.85. The second kappa shape index (κ2) is 6.57. The molecule has 0 fully saturated rings. The van der Waals surface area contributed by atoms with E-state index >= 15 is 0 Å². The van der Waals surface area contributed by atoms with Crippen LogP contribution in [0.5, 0.6) is 0 Å². The second-order valence-corrected chi connectivity index (χ2v) is 55.2. The Hall–Kier alpha value is 1.90. The first-order chi connectivity index (χ1) is 7.97. The average molecular weight is 513 g/mol. The molecule has 0 aromatic heterocycles. The van der Waals surface area contributed by atoms with Gasteiger partial charge in [0.05, 0.1) is 0 Å². The van der Waals surface area contributed by atoms with Gasteiger partial charge in [0.25, 0.3) is 0 Å². The van der Waals surface area contributed by atoms with Crippen LogP contribution in [0.3, 0.4) is 0 Å². The van der Waals surface area contributed by atoms with Gasteiger partial charge in [-0.2, -0.15) is 0 Å². The van der Waals surface area contributed by atoms with Crippen LogP contribution in [-0.4, -0.2) is 52.9 Å². The monoisotopic (exact) mass is 515 g/mol. The van der Waals surface area contributed by atoms with Crippen LogP contribution in [0.1, 0.15) is 0 Å². The fraction of sp³-hybridized carbons (Fsp3) is 0.933. The van der Waals surface area contributed by atoms with Gasteiger partial charge in [-0.15, -0.1) is 0 Å². The van der Waals surface area contributed by atoms with E-state index in [1.54, 1.807) is 0 Å². The zero-order chi connectivity index (χ0) is 15.9. The van der Waals surface area contributed by atoms with Crippen molar-refractivity contribution in [3.05, 3.63) is 6.42 Å². The molecular weight excluding hydrogens is 474 g/mol. The summed E-state index contributed by atoms with van der Waals surface area (Å²) in [5.41, 5.74) is 0. The van der Waals surface area contributed by atoms with E-state index in [1.807, 2.05) is 0 Å². The summed E-state index contributed by atoms with van der Waals surface area (Å²) in [6.07, 6.45) is 2.98. The summed E-state index contributed by atoms with van der Waals surface area (Å²) in [4.78, 5) is 16.0.